The molecule has 0 aromatic heterocycles. The molecule has 0 saturated heterocycles. The second kappa shape index (κ2) is 7.66. The van der Waals surface area contributed by atoms with Crippen LogP contribution in [0, 0.1) is 11.3 Å². The molecule has 2 aromatic carbocycles. The number of ether oxygens (including phenoxy) is 1. The van der Waals surface area contributed by atoms with Crippen LogP contribution in [0.3, 0.4) is 0 Å². The topological polar surface area (TPSA) is 53.2 Å². The number of rotatable bonds is 5. The van der Waals surface area contributed by atoms with Crippen molar-refractivity contribution in [2.75, 3.05) is 7.11 Å². The molecule has 2 rings (SSSR count). The first-order valence-corrected chi connectivity index (χ1v) is 7.77. The number of halogens is 1. The van der Waals surface area contributed by atoms with Gasteiger partial charge in [0.15, 0.2) is 11.5 Å². The van der Waals surface area contributed by atoms with Crippen LogP contribution in [0.1, 0.15) is 16.7 Å². The Kier molecular flexibility index (Phi) is 5.61. The molecule has 3 nitrogen and oxygen atoms in total. The number of nitriles is 1. The zero-order valence-electron chi connectivity index (χ0n) is 12.7. The molecule has 0 bridgehead atoms. The van der Waals surface area contributed by atoms with Gasteiger partial charge in [-0.15, -0.1) is 6.58 Å². The lowest BCUT2D eigenvalue weighted by atomic mass is 10.0. The van der Waals surface area contributed by atoms with Crippen LogP contribution in [0.2, 0.25) is 0 Å². The van der Waals surface area contributed by atoms with Crippen molar-refractivity contribution in [3.05, 3.63) is 70.2 Å². The Morgan fingerprint density at radius 1 is 1.35 bits per heavy atom. The van der Waals surface area contributed by atoms with E-state index in [2.05, 4.69) is 28.6 Å². The maximum absolute atomic E-state index is 10.1. The Labute approximate surface area is 144 Å². The molecule has 0 spiro atoms. The molecule has 0 amide bonds. The third kappa shape index (κ3) is 4.02. The normalized spacial score (nSPS) is 10.9. The highest BCUT2D eigenvalue weighted by molar-refractivity contribution is 9.10. The van der Waals surface area contributed by atoms with E-state index in [1.165, 1.54) is 7.11 Å². The summed E-state index contributed by atoms with van der Waals surface area (Å²) < 4.78 is 6.16. The standard InChI is InChI=1S/C19H16BrNO2/c1-3-4-15-9-13(11-18(23-2)19(15)22)10-16(12-21)14-5-7-17(20)8-6-14/h3,5-11,22H,1,4H2,2H3/b16-10+. The van der Waals surface area contributed by atoms with E-state index in [9.17, 15) is 10.4 Å². The second-order valence-corrected chi connectivity index (χ2v) is 5.82. The molecule has 0 aliphatic rings. The van der Waals surface area contributed by atoms with Crippen molar-refractivity contribution in [3.8, 4) is 17.6 Å². The molecule has 2 aromatic rings. The molecule has 4 heteroatoms. The molecule has 0 atom stereocenters. The first-order chi connectivity index (χ1) is 11.1. The lowest BCUT2D eigenvalue weighted by molar-refractivity contribution is 0.371. The number of nitrogens with zero attached hydrogens (tertiary/aromatic N) is 1. The van der Waals surface area contributed by atoms with Gasteiger partial charge in [0, 0.05) is 10.0 Å². The third-order valence-corrected chi connectivity index (χ3v) is 3.88. The van der Waals surface area contributed by atoms with Crippen LogP contribution >= 0.6 is 15.9 Å². The minimum Gasteiger partial charge on any atom is -0.504 e. The monoisotopic (exact) mass is 369 g/mol. The van der Waals surface area contributed by atoms with E-state index in [0.29, 0.717) is 23.3 Å². The lowest BCUT2D eigenvalue weighted by Crippen LogP contribution is -1.91. The van der Waals surface area contributed by atoms with Crippen molar-refractivity contribution in [2.45, 2.75) is 6.42 Å². The van der Waals surface area contributed by atoms with E-state index in [4.69, 9.17) is 4.74 Å². The average molecular weight is 370 g/mol. The Hall–Kier alpha value is -2.51. The van der Waals surface area contributed by atoms with Gasteiger partial charge in [0.25, 0.3) is 0 Å². The van der Waals surface area contributed by atoms with Gasteiger partial charge in [-0.3, -0.25) is 0 Å². The van der Waals surface area contributed by atoms with Gasteiger partial charge in [-0.25, -0.2) is 0 Å². The summed E-state index contributed by atoms with van der Waals surface area (Å²) in [7, 11) is 1.50. The SMILES string of the molecule is C=CCc1cc(/C=C(\C#N)c2ccc(Br)cc2)cc(OC)c1O. The number of aromatic hydroxyl groups is 1. The highest BCUT2D eigenvalue weighted by atomic mass is 79.9. The van der Waals surface area contributed by atoms with Crippen LogP contribution in [-0.4, -0.2) is 12.2 Å². The van der Waals surface area contributed by atoms with E-state index in [1.54, 1.807) is 18.2 Å². The van der Waals surface area contributed by atoms with E-state index in [1.807, 2.05) is 30.3 Å². The fourth-order valence-electron chi connectivity index (χ4n) is 2.22. The molecule has 0 aliphatic heterocycles. The van der Waals surface area contributed by atoms with Gasteiger partial charge in [0.05, 0.1) is 18.8 Å². The molecule has 0 aliphatic carbocycles. The number of hydrogen-bond acceptors (Lipinski definition) is 3. The smallest absolute Gasteiger partial charge is 0.161 e. The van der Waals surface area contributed by atoms with Gasteiger partial charge in [0.2, 0.25) is 0 Å². The van der Waals surface area contributed by atoms with Gasteiger partial charge in [-0.1, -0.05) is 34.1 Å². The Morgan fingerprint density at radius 3 is 2.61 bits per heavy atom. The summed E-state index contributed by atoms with van der Waals surface area (Å²) in [5, 5.41) is 19.6. The summed E-state index contributed by atoms with van der Waals surface area (Å²) in [5.41, 5.74) is 2.86. The van der Waals surface area contributed by atoms with Gasteiger partial charge >= 0.3 is 0 Å². The molecule has 0 saturated carbocycles. The summed E-state index contributed by atoms with van der Waals surface area (Å²) in [6.07, 6.45) is 4.00. The van der Waals surface area contributed by atoms with Gasteiger partial charge in [0.1, 0.15) is 0 Å². The number of phenols is 1. The van der Waals surface area contributed by atoms with Gasteiger partial charge in [-0.2, -0.15) is 5.26 Å². The first kappa shape index (κ1) is 16.9. The van der Waals surface area contributed by atoms with E-state index < -0.39 is 0 Å². The molecule has 0 fully saturated rings. The van der Waals surface area contributed by atoms with Crippen LogP contribution in [-0.2, 0) is 6.42 Å². The van der Waals surface area contributed by atoms with E-state index in [-0.39, 0.29) is 5.75 Å². The van der Waals surface area contributed by atoms with Crippen molar-refractivity contribution in [1.82, 2.24) is 0 Å². The minimum absolute atomic E-state index is 0.103. The zero-order chi connectivity index (χ0) is 16.8. The number of allylic oxidation sites excluding steroid dienone is 2. The van der Waals surface area contributed by atoms with Crippen molar-refractivity contribution in [1.29, 1.82) is 5.26 Å². The number of phenolic OH excluding ortho intramolecular Hbond substituents is 1. The summed E-state index contributed by atoms with van der Waals surface area (Å²) in [4.78, 5) is 0. The van der Waals surface area contributed by atoms with E-state index >= 15 is 0 Å². The largest absolute Gasteiger partial charge is 0.504 e. The van der Waals surface area contributed by atoms with Gasteiger partial charge in [-0.05, 0) is 47.9 Å². The number of hydrogen-bond donors (Lipinski definition) is 1. The Balaban J connectivity index is 2.51. The quantitative estimate of drug-likeness (QED) is 0.460. The maximum atomic E-state index is 10.1. The van der Waals surface area contributed by atoms with Crippen LogP contribution in [0.25, 0.3) is 11.6 Å². The predicted molar refractivity (Wildman–Crippen MR) is 96.2 cm³/mol. The molecule has 116 valence electrons. The first-order valence-electron chi connectivity index (χ1n) is 6.97. The molecule has 23 heavy (non-hydrogen) atoms. The summed E-state index contributed by atoms with van der Waals surface area (Å²) >= 11 is 3.38. The van der Waals surface area contributed by atoms with Crippen molar-refractivity contribution in [3.63, 3.8) is 0 Å². The molecule has 0 heterocycles. The van der Waals surface area contributed by atoms with Gasteiger partial charge < -0.3 is 9.84 Å². The fourth-order valence-corrected chi connectivity index (χ4v) is 2.48. The second-order valence-electron chi connectivity index (χ2n) is 4.90. The van der Waals surface area contributed by atoms with E-state index in [0.717, 1.165) is 15.6 Å². The maximum Gasteiger partial charge on any atom is 0.161 e. The van der Waals surface area contributed by atoms with Crippen LogP contribution < -0.4 is 4.74 Å². The third-order valence-electron chi connectivity index (χ3n) is 3.35. The van der Waals surface area contributed by atoms with Crippen molar-refractivity contribution < 1.29 is 9.84 Å². The minimum atomic E-state index is 0.103. The molecule has 1 N–H and O–H groups in total. The average Bonchev–Trinajstić information content (AvgIpc) is 2.56. The highest BCUT2D eigenvalue weighted by Crippen LogP contribution is 2.33. The summed E-state index contributed by atoms with van der Waals surface area (Å²) in [6.45, 7) is 3.69. The van der Waals surface area contributed by atoms with Crippen LogP contribution in [0.15, 0.2) is 53.5 Å². The fraction of sp³-hybridized carbons (Fsp3) is 0.105. The summed E-state index contributed by atoms with van der Waals surface area (Å²) in [6, 6.07) is 13.3. The van der Waals surface area contributed by atoms with Crippen molar-refractivity contribution in [2.24, 2.45) is 0 Å². The van der Waals surface area contributed by atoms with Crippen LogP contribution in [0.4, 0.5) is 0 Å². The number of benzene rings is 2. The number of methoxy groups -OCH3 is 1. The zero-order valence-corrected chi connectivity index (χ0v) is 14.3. The lowest BCUT2D eigenvalue weighted by Gasteiger charge is -2.10. The van der Waals surface area contributed by atoms with Crippen LogP contribution in [0.5, 0.6) is 11.5 Å². The Morgan fingerprint density at radius 2 is 2.04 bits per heavy atom. The Bertz CT molecular complexity index is 786. The molecular formula is C19H16BrNO2. The summed E-state index contributed by atoms with van der Waals surface area (Å²) in [5.74, 6) is 0.482. The predicted octanol–water partition coefficient (Wildman–Crippen LogP) is 4.96. The highest BCUT2D eigenvalue weighted by Gasteiger charge is 2.10. The molecule has 0 radical (unpaired) electrons. The van der Waals surface area contributed by atoms with Crippen molar-refractivity contribution >= 4 is 27.6 Å². The molecular weight excluding hydrogens is 354 g/mol. The molecule has 0 unspecified atom stereocenters.